The molecule has 10 nitrogen and oxygen atoms in total. The van der Waals surface area contributed by atoms with Gasteiger partial charge in [0.1, 0.15) is 12.2 Å². The highest BCUT2D eigenvalue weighted by Crippen LogP contribution is 2.43. The van der Waals surface area contributed by atoms with Crippen molar-refractivity contribution in [2.75, 3.05) is 26.4 Å². The molecular weight excluding hydrogens is 743 g/mol. The maximum atomic E-state index is 12.3. The number of phosphoric acid groups is 1. The second kappa shape index (κ2) is 40.3. The molecule has 0 saturated heterocycles. The molecule has 0 aromatic heterocycles. The molecule has 0 aromatic carbocycles. The molecule has 0 aliphatic carbocycles. The second-order valence-electron chi connectivity index (χ2n) is 12.5. The molecule has 0 radical (unpaired) electrons. The summed E-state index contributed by atoms with van der Waals surface area (Å²) >= 11 is 0. The highest BCUT2D eigenvalue weighted by Gasteiger charge is 2.27. The fourth-order valence-electron chi connectivity index (χ4n) is 4.39. The van der Waals surface area contributed by atoms with Gasteiger partial charge in [0.25, 0.3) is 0 Å². The predicted octanol–water partition coefficient (Wildman–Crippen LogP) is 10.5. The van der Waals surface area contributed by atoms with E-state index in [0.717, 1.165) is 64.2 Å². The van der Waals surface area contributed by atoms with E-state index < -0.39 is 58.4 Å². The minimum Gasteiger partial charge on any atom is -0.457 e. The fourth-order valence-corrected chi connectivity index (χ4v) is 5.17. The van der Waals surface area contributed by atoms with Crippen LogP contribution in [0.15, 0.2) is 134 Å². The fraction of sp³-hybridized carbons (Fsp3) is 0.478. The number of ether oxygens (including phenoxy) is 2. The Morgan fingerprint density at radius 2 is 0.772 bits per heavy atom. The molecule has 0 spiro atoms. The molecule has 57 heavy (non-hydrogen) atoms. The van der Waals surface area contributed by atoms with Crippen LogP contribution >= 0.6 is 7.82 Å². The van der Waals surface area contributed by atoms with E-state index in [0.29, 0.717) is 12.8 Å². The Hall–Kier alpha value is -3.89. The third kappa shape index (κ3) is 38.7. The van der Waals surface area contributed by atoms with E-state index in [1.54, 1.807) is 6.08 Å². The van der Waals surface area contributed by atoms with Gasteiger partial charge in [-0.2, -0.15) is 0 Å². The maximum Gasteiger partial charge on any atom is 0.472 e. The highest BCUT2D eigenvalue weighted by atomic mass is 31.2. The number of aliphatic hydroxyl groups excluding tert-OH is 2. The summed E-state index contributed by atoms with van der Waals surface area (Å²) in [7, 11) is -4.69. The van der Waals surface area contributed by atoms with Crippen molar-refractivity contribution in [1.82, 2.24) is 0 Å². The molecule has 0 heterocycles. The van der Waals surface area contributed by atoms with Crippen LogP contribution in [0.3, 0.4) is 0 Å². The molecule has 0 rings (SSSR count). The predicted molar refractivity (Wildman–Crippen MR) is 232 cm³/mol. The van der Waals surface area contributed by atoms with Gasteiger partial charge in [-0.3, -0.25) is 18.6 Å². The first-order valence-corrected chi connectivity index (χ1v) is 21.6. The van der Waals surface area contributed by atoms with Crippen molar-refractivity contribution in [1.29, 1.82) is 0 Å². The van der Waals surface area contributed by atoms with Crippen molar-refractivity contribution in [2.45, 2.75) is 116 Å². The summed E-state index contributed by atoms with van der Waals surface area (Å²) in [6, 6.07) is 0. The summed E-state index contributed by atoms with van der Waals surface area (Å²) in [5.41, 5.74) is 0. The second-order valence-corrected chi connectivity index (χ2v) is 14.0. The lowest BCUT2D eigenvalue weighted by Gasteiger charge is -2.20. The zero-order valence-corrected chi connectivity index (χ0v) is 35.1. The van der Waals surface area contributed by atoms with Crippen molar-refractivity contribution < 1.29 is 47.8 Å². The summed E-state index contributed by atoms with van der Waals surface area (Å²) in [6.45, 7) is 1.73. The van der Waals surface area contributed by atoms with Crippen LogP contribution in [-0.2, 0) is 32.7 Å². The van der Waals surface area contributed by atoms with E-state index in [9.17, 15) is 29.3 Å². The van der Waals surface area contributed by atoms with E-state index in [1.165, 1.54) is 0 Å². The number of carbonyl (C=O) groups excluding carboxylic acids is 2. The zero-order valence-electron chi connectivity index (χ0n) is 34.2. The Morgan fingerprint density at radius 3 is 1.11 bits per heavy atom. The van der Waals surface area contributed by atoms with Gasteiger partial charge in [0.2, 0.25) is 0 Å². The van der Waals surface area contributed by atoms with Crippen LogP contribution in [0.25, 0.3) is 0 Å². The monoisotopic (exact) mass is 812 g/mol. The Kier molecular flexibility index (Phi) is 37.6. The SMILES string of the molecule is CC/C=C\C/C=C\C/C=C\C/C=C\C/C=C\C/C=C\CCC(=O)OC(CO)COP(=O)(O)OCC(CO)OC(=O)C/C=C\C/C=C\C/C=C\C/C=C\C/C=C\CC. The summed E-state index contributed by atoms with van der Waals surface area (Å²) in [4.78, 5) is 34.4. The number of esters is 2. The lowest BCUT2D eigenvalue weighted by molar-refractivity contribution is -0.153. The van der Waals surface area contributed by atoms with Gasteiger partial charge < -0.3 is 24.6 Å². The van der Waals surface area contributed by atoms with Gasteiger partial charge in [0.15, 0.2) is 0 Å². The molecule has 11 heteroatoms. The Balaban J connectivity index is 4.20. The molecule has 0 amide bonds. The van der Waals surface area contributed by atoms with Gasteiger partial charge in [0, 0.05) is 6.42 Å². The van der Waals surface area contributed by atoms with Crippen LogP contribution < -0.4 is 0 Å². The quantitative estimate of drug-likeness (QED) is 0.0321. The van der Waals surface area contributed by atoms with Crippen LogP contribution in [0.4, 0.5) is 0 Å². The molecule has 3 N–H and O–H groups in total. The van der Waals surface area contributed by atoms with Crippen LogP contribution in [0.2, 0.25) is 0 Å². The van der Waals surface area contributed by atoms with Crippen molar-refractivity contribution in [3.8, 4) is 0 Å². The van der Waals surface area contributed by atoms with E-state index in [1.807, 2.05) is 36.5 Å². The number of hydrogen-bond donors (Lipinski definition) is 3. The number of carbonyl (C=O) groups is 2. The summed E-state index contributed by atoms with van der Waals surface area (Å²) in [5, 5.41) is 19.1. The van der Waals surface area contributed by atoms with Gasteiger partial charge in [-0.25, -0.2) is 4.57 Å². The van der Waals surface area contributed by atoms with Crippen LogP contribution in [0.5, 0.6) is 0 Å². The highest BCUT2D eigenvalue weighted by molar-refractivity contribution is 7.47. The molecular formula is C46H69O10P. The average Bonchev–Trinajstić information content (AvgIpc) is 3.20. The number of rotatable bonds is 35. The van der Waals surface area contributed by atoms with E-state index >= 15 is 0 Å². The minimum absolute atomic E-state index is 0.0507. The number of hydrogen-bond acceptors (Lipinski definition) is 9. The molecule has 3 unspecified atom stereocenters. The van der Waals surface area contributed by atoms with Crippen LogP contribution in [-0.4, -0.2) is 65.7 Å². The summed E-state index contributed by atoms with van der Waals surface area (Å²) in [5.74, 6) is -1.25. The third-order valence-electron chi connectivity index (χ3n) is 7.40. The first-order chi connectivity index (χ1) is 27.8. The van der Waals surface area contributed by atoms with Gasteiger partial charge >= 0.3 is 19.8 Å². The maximum absolute atomic E-state index is 12.3. The average molecular weight is 813 g/mol. The van der Waals surface area contributed by atoms with Crippen molar-refractivity contribution in [3.63, 3.8) is 0 Å². The largest absolute Gasteiger partial charge is 0.472 e. The Bertz CT molecular complexity index is 1400. The van der Waals surface area contributed by atoms with Gasteiger partial charge in [-0.15, -0.1) is 0 Å². The molecule has 0 aromatic rings. The number of aliphatic hydroxyl groups is 2. The van der Waals surface area contributed by atoms with E-state index in [-0.39, 0.29) is 12.8 Å². The normalized spacial score (nSPS) is 15.2. The molecule has 318 valence electrons. The lowest BCUT2D eigenvalue weighted by atomic mass is 10.2. The summed E-state index contributed by atoms with van der Waals surface area (Å²) in [6.07, 6.45) is 53.3. The van der Waals surface area contributed by atoms with Gasteiger partial charge in [-0.1, -0.05) is 148 Å². The van der Waals surface area contributed by atoms with E-state index in [2.05, 4.69) is 105 Å². The van der Waals surface area contributed by atoms with Crippen molar-refractivity contribution >= 4 is 19.8 Å². The Labute approximate surface area is 342 Å². The number of allylic oxidation sites excluding steroid dienone is 21. The smallest absolute Gasteiger partial charge is 0.457 e. The molecule has 0 bridgehead atoms. The molecule has 0 saturated carbocycles. The minimum atomic E-state index is -4.69. The first kappa shape index (κ1) is 53.1. The molecule has 0 aliphatic rings. The zero-order chi connectivity index (χ0) is 41.9. The Morgan fingerprint density at radius 1 is 0.474 bits per heavy atom. The third-order valence-corrected chi connectivity index (χ3v) is 8.36. The lowest BCUT2D eigenvalue weighted by Crippen LogP contribution is -2.28. The number of phosphoric ester groups is 1. The topological polar surface area (TPSA) is 149 Å². The standard InChI is InChI=1S/C46H69O10P/c1-3-5-7-9-11-13-15-17-19-20-21-22-24-26-28-30-32-34-36-38-46(50)56-44(40-48)42-54-57(51,52)53-41-43(39-47)55-45(49)37-35-33-31-29-27-25-23-18-16-14-12-10-8-6-4-2/h5-8,11-14,17-19,21-23,26-29,32-35,43-44,47-48H,3-4,9-10,15-16,20,24-25,30-31,36-42H2,1-2H3,(H,51,52)/b7-5-,8-6-,13-11-,14-12-,19-17-,22-21-,23-18-,28-26-,29-27-,34-32-,35-33-. The van der Waals surface area contributed by atoms with Crippen molar-refractivity contribution in [3.05, 3.63) is 134 Å². The van der Waals surface area contributed by atoms with Crippen molar-refractivity contribution in [2.24, 2.45) is 0 Å². The molecule has 3 atom stereocenters. The molecule has 0 fully saturated rings. The van der Waals surface area contributed by atoms with Crippen LogP contribution in [0, 0.1) is 0 Å². The first-order valence-electron chi connectivity index (χ1n) is 20.1. The van der Waals surface area contributed by atoms with E-state index in [4.69, 9.17) is 18.5 Å². The van der Waals surface area contributed by atoms with Gasteiger partial charge in [0.05, 0.1) is 32.8 Å². The summed E-state index contributed by atoms with van der Waals surface area (Å²) < 4.78 is 32.3. The molecule has 0 aliphatic heterocycles. The van der Waals surface area contributed by atoms with Gasteiger partial charge in [-0.05, 0) is 77.0 Å². The van der Waals surface area contributed by atoms with Crippen LogP contribution in [0.1, 0.15) is 104 Å².